The second kappa shape index (κ2) is 7.41. The van der Waals surface area contributed by atoms with Gasteiger partial charge in [-0.2, -0.15) is 0 Å². The van der Waals surface area contributed by atoms with Gasteiger partial charge in [0.05, 0.1) is 18.5 Å². The number of amidine groups is 1. The number of aliphatic imine (C=N–C) groups is 1. The Morgan fingerprint density at radius 2 is 2.09 bits per heavy atom. The van der Waals surface area contributed by atoms with Crippen LogP contribution in [0.15, 0.2) is 41.9 Å². The summed E-state index contributed by atoms with van der Waals surface area (Å²) in [6, 6.07) is 3.51. The van der Waals surface area contributed by atoms with Crippen LogP contribution >= 0.6 is 12.2 Å². The van der Waals surface area contributed by atoms with Crippen molar-refractivity contribution >= 4 is 29.0 Å². The van der Waals surface area contributed by atoms with Crippen molar-refractivity contribution in [2.45, 2.75) is 20.0 Å². The van der Waals surface area contributed by atoms with E-state index in [1.165, 1.54) is 6.20 Å². The predicted molar refractivity (Wildman–Crippen MR) is 89.0 cm³/mol. The molecule has 0 saturated heterocycles. The summed E-state index contributed by atoms with van der Waals surface area (Å²) in [5, 5.41) is 3.00. The fourth-order valence-corrected chi connectivity index (χ4v) is 1.74. The number of hydrogen-bond donors (Lipinski definition) is 2. The molecule has 8 heteroatoms. The van der Waals surface area contributed by atoms with Crippen LogP contribution in [0.4, 0.5) is 5.82 Å². The average Bonchev–Trinajstić information content (AvgIpc) is 2.48. The summed E-state index contributed by atoms with van der Waals surface area (Å²) in [6.07, 6.45) is 6.33. The molecule has 0 aliphatic heterocycles. The molecule has 0 radical (unpaired) electrons. The van der Waals surface area contributed by atoms with Crippen LogP contribution in [0.3, 0.4) is 0 Å². The molecule has 2 aromatic heterocycles. The third-order valence-corrected chi connectivity index (χ3v) is 2.58. The number of nitrogens with zero attached hydrogens (tertiary/aromatic N) is 4. The van der Waals surface area contributed by atoms with Crippen LogP contribution in [0.1, 0.15) is 19.5 Å². The second-order valence-corrected chi connectivity index (χ2v) is 4.95. The quantitative estimate of drug-likeness (QED) is 0.504. The molecule has 0 unspecified atom stereocenters. The first-order valence-electron chi connectivity index (χ1n) is 6.59. The minimum Gasteiger partial charge on any atom is -0.489 e. The molecule has 2 heterocycles. The Kier molecular flexibility index (Phi) is 5.31. The number of nitrogens with two attached hydrogens (primary N) is 1. The normalized spacial score (nSPS) is 11.3. The van der Waals surface area contributed by atoms with Gasteiger partial charge < -0.3 is 15.8 Å². The lowest BCUT2D eigenvalue weighted by Gasteiger charge is -2.09. The Balaban J connectivity index is 2.03. The number of rotatable bonds is 4. The van der Waals surface area contributed by atoms with E-state index in [0.717, 1.165) is 0 Å². The third kappa shape index (κ3) is 4.74. The maximum absolute atomic E-state index is 5.88. The van der Waals surface area contributed by atoms with Crippen LogP contribution in [0.2, 0.25) is 0 Å². The standard InChI is InChI=1S/C14H16N6OS/c1-9(2)21-10-3-4-11(18-7-10)13(15)20-14(22)19-12-8-16-5-6-17-12/h3-9H,1-2H3,(H3,15,17,19,20,22). The fraction of sp³-hybridized carbons (Fsp3) is 0.214. The molecule has 0 fully saturated rings. The van der Waals surface area contributed by atoms with Gasteiger partial charge >= 0.3 is 0 Å². The van der Waals surface area contributed by atoms with Crippen molar-refractivity contribution in [3.63, 3.8) is 0 Å². The van der Waals surface area contributed by atoms with E-state index in [2.05, 4.69) is 25.3 Å². The van der Waals surface area contributed by atoms with Gasteiger partial charge in [-0.25, -0.2) is 15.0 Å². The second-order valence-electron chi connectivity index (χ2n) is 4.56. The van der Waals surface area contributed by atoms with Crippen molar-refractivity contribution in [3.05, 3.63) is 42.6 Å². The number of thiocarbonyl (C=S) groups is 1. The van der Waals surface area contributed by atoms with Gasteiger partial charge in [-0.1, -0.05) is 0 Å². The Morgan fingerprint density at radius 3 is 2.68 bits per heavy atom. The molecule has 0 aromatic carbocycles. The molecule has 0 bridgehead atoms. The molecule has 2 aromatic rings. The minimum absolute atomic E-state index is 0.0856. The molecule has 0 aliphatic carbocycles. The highest BCUT2D eigenvalue weighted by Crippen LogP contribution is 2.11. The Hall–Kier alpha value is -2.61. The molecule has 3 N–H and O–H groups in total. The third-order valence-electron chi connectivity index (χ3n) is 2.39. The Morgan fingerprint density at radius 1 is 1.27 bits per heavy atom. The largest absolute Gasteiger partial charge is 0.489 e. The Labute approximate surface area is 133 Å². The van der Waals surface area contributed by atoms with Crippen LogP contribution in [0.25, 0.3) is 0 Å². The van der Waals surface area contributed by atoms with E-state index in [1.54, 1.807) is 30.7 Å². The van der Waals surface area contributed by atoms with Gasteiger partial charge in [-0.15, -0.1) is 0 Å². The molecule has 0 aliphatic rings. The van der Waals surface area contributed by atoms with E-state index in [0.29, 0.717) is 17.3 Å². The van der Waals surface area contributed by atoms with E-state index in [4.69, 9.17) is 22.7 Å². The fourth-order valence-electron chi connectivity index (χ4n) is 1.54. The summed E-state index contributed by atoms with van der Waals surface area (Å²) in [5.74, 6) is 1.38. The van der Waals surface area contributed by atoms with Crippen LogP contribution in [-0.4, -0.2) is 32.0 Å². The van der Waals surface area contributed by atoms with Crippen molar-refractivity contribution < 1.29 is 4.74 Å². The van der Waals surface area contributed by atoms with E-state index in [1.807, 2.05) is 13.8 Å². The SMILES string of the molecule is CC(C)Oc1ccc(C(N)=NC(=S)Nc2cnccn2)nc1. The molecule has 7 nitrogen and oxygen atoms in total. The molecule has 114 valence electrons. The maximum atomic E-state index is 5.88. The van der Waals surface area contributed by atoms with Gasteiger partial charge in [0.1, 0.15) is 11.4 Å². The molecule has 22 heavy (non-hydrogen) atoms. The van der Waals surface area contributed by atoms with Gasteiger partial charge in [0.2, 0.25) is 0 Å². The summed E-state index contributed by atoms with van der Waals surface area (Å²) < 4.78 is 5.51. The van der Waals surface area contributed by atoms with Crippen LogP contribution < -0.4 is 15.8 Å². The Bertz CT molecular complexity index is 657. The van der Waals surface area contributed by atoms with E-state index in [9.17, 15) is 0 Å². The molecule has 2 rings (SSSR count). The highest BCUT2D eigenvalue weighted by molar-refractivity contribution is 7.80. The van der Waals surface area contributed by atoms with Crippen molar-refractivity contribution in [2.24, 2.45) is 10.7 Å². The maximum Gasteiger partial charge on any atom is 0.200 e. The van der Waals surface area contributed by atoms with Gasteiger partial charge in [0.15, 0.2) is 16.8 Å². The number of nitrogens with one attached hydrogen (secondary N) is 1. The van der Waals surface area contributed by atoms with Crippen molar-refractivity contribution in [3.8, 4) is 5.75 Å². The van der Waals surface area contributed by atoms with Crippen LogP contribution in [0.5, 0.6) is 5.75 Å². The lowest BCUT2D eigenvalue weighted by molar-refractivity contribution is 0.241. The monoisotopic (exact) mass is 316 g/mol. The molecule has 0 spiro atoms. The van der Waals surface area contributed by atoms with Gasteiger partial charge in [0, 0.05) is 12.4 Å². The smallest absolute Gasteiger partial charge is 0.200 e. The first-order valence-corrected chi connectivity index (χ1v) is 6.99. The van der Waals surface area contributed by atoms with Crippen molar-refractivity contribution in [1.29, 1.82) is 0 Å². The molecular formula is C14H16N6OS. The summed E-state index contributed by atoms with van der Waals surface area (Å²) in [4.78, 5) is 16.2. The molecular weight excluding hydrogens is 300 g/mol. The first kappa shape index (κ1) is 15.8. The van der Waals surface area contributed by atoms with Crippen LogP contribution in [0, 0.1) is 0 Å². The van der Waals surface area contributed by atoms with E-state index in [-0.39, 0.29) is 17.1 Å². The summed E-state index contributed by atoms with van der Waals surface area (Å²) in [7, 11) is 0. The minimum atomic E-state index is 0.0856. The van der Waals surface area contributed by atoms with Crippen molar-refractivity contribution in [2.75, 3.05) is 5.32 Å². The number of pyridine rings is 1. The molecule has 0 atom stereocenters. The van der Waals surface area contributed by atoms with Gasteiger partial charge in [-0.05, 0) is 38.2 Å². The zero-order chi connectivity index (χ0) is 15.9. The van der Waals surface area contributed by atoms with E-state index < -0.39 is 0 Å². The number of ether oxygens (including phenoxy) is 1. The van der Waals surface area contributed by atoms with Gasteiger partial charge in [-0.3, -0.25) is 4.98 Å². The average molecular weight is 316 g/mol. The lowest BCUT2D eigenvalue weighted by Crippen LogP contribution is -2.19. The van der Waals surface area contributed by atoms with Crippen molar-refractivity contribution in [1.82, 2.24) is 15.0 Å². The van der Waals surface area contributed by atoms with E-state index >= 15 is 0 Å². The highest BCUT2D eigenvalue weighted by Gasteiger charge is 2.04. The predicted octanol–water partition coefficient (Wildman–Crippen LogP) is 1.76. The number of anilines is 1. The zero-order valence-electron chi connectivity index (χ0n) is 12.2. The summed E-state index contributed by atoms with van der Waals surface area (Å²) in [6.45, 7) is 3.89. The van der Waals surface area contributed by atoms with Gasteiger partial charge in [0.25, 0.3) is 0 Å². The lowest BCUT2D eigenvalue weighted by atomic mass is 10.3. The zero-order valence-corrected chi connectivity index (χ0v) is 13.0. The molecule has 0 amide bonds. The topological polar surface area (TPSA) is 98.3 Å². The highest BCUT2D eigenvalue weighted by atomic mass is 32.1. The molecule has 0 saturated carbocycles. The number of hydrogen-bond acceptors (Lipinski definition) is 5. The summed E-state index contributed by atoms with van der Waals surface area (Å²) >= 11 is 5.10. The number of aromatic nitrogens is 3. The van der Waals surface area contributed by atoms with Crippen LogP contribution in [-0.2, 0) is 0 Å². The first-order chi connectivity index (χ1) is 10.5. The summed E-state index contributed by atoms with van der Waals surface area (Å²) in [5.41, 5.74) is 6.40.